The Morgan fingerprint density at radius 3 is 2.46 bits per heavy atom. The summed E-state index contributed by atoms with van der Waals surface area (Å²) in [7, 11) is -16.5. The number of nitrogen functional groups attached to an aromatic ring is 1. The maximum atomic E-state index is 12.7. The van der Waals surface area contributed by atoms with Gasteiger partial charge in [0.2, 0.25) is 11.8 Å². The van der Waals surface area contributed by atoms with Crippen LogP contribution in [0, 0.1) is 17.3 Å². The van der Waals surface area contributed by atoms with Crippen LogP contribution in [-0.2, 0) is 55.5 Å². The van der Waals surface area contributed by atoms with Gasteiger partial charge < -0.3 is 56.0 Å². The molecule has 26 nitrogen and oxygen atoms in total. The number of aliphatic hydroxyl groups excluding tert-OH is 3. The van der Waals surface area contributed by atoms with Crippen LogP contribution >= 0.6 is 35.2 Å². The molecule has 1 saturated heterocycles. The molecule has 30 heteroatoms. The molecule has 0 bridgehead atoms. The Balaban J connectivity index is 1.16. The van der Waals surface area contributed by atoms with Gasteiger partial charge in [-0.1, -0.05) is 44.7 Å². The number of ketones is 1. The van der Waals surface area contributed by atoms with Gasteiger partial charge in [0.1, 0.15) is 42.0 Å². The van der Waals surface area contributed by atoms with Crippen LogP contribution in [0.5, 0.6) is 0 Å². The number of aliphatic hydroxyl groups is 3. The zero-order valence-corrected chi connectivity index (χ0v) is 39.1. The number of hydrogen-bond acceptors (Lipinski definition) is 20. The Hall–Kier alpha value is -3.07. The van der Waals surface area contributed by atoms with E-state index in [-0.39, 0.29) is 71.4 Å². The number of ether oxygens (including phenoxy) is 1. The number of phosphoric ester groups is 3. The number of anilines is 1. The zero-order chi connectivity index (χ0) is 48.3. The molecule has 0 aromatic carbocycles. The van der Waals surface area contributed by atoms with Crippen molar-refractivity contribution in [2.24, 2.45) is 17.3 Å². The quantitative estimate of drug-likeness (QED) is 0.0353. The highest BCUT2D eigenvalue weighted by Crippen LogP contribution is 2.61. The first-order chi connectivity index (χ1) is 30.3. The summed E-state index contributed by atoms with van der Waals surface area (Å²) in [5, 5.41) is 36.7. The third kappa shape index (κ3) is 16.6. The molecule has 2 aliphatic rings. The van der Waals surface area contributed by atoms with Gasteiger partial charge in [0.05, 0.1) is 25.6 Å². The predicted molar refractivity (Wildman–Crippen MR) is 228 cm³/mol. The molecule has 3 heterocycles. The molecule has 366 valence electrons. The number of carbonyl (C=O) groups is 4. The van der Waals surface area contributed by atoms with Crippen molar-refractivity contribution in [1.82, 2.24) is 30.2 Å². The number of allylic oxidation sites excluding steroid dienone is 2. The van der Waals surface area contributed by atoms with Gasteiger partial charge in [-0.05, 0) is 31.6 Å². The molecule has 2 fully saturated rings. The summed E-state index contributed by atoms with van der Waals surface area (Å²) in [5.74, 6) is -1.30. The number of rotatable bonds is 26. The molecule has 0 radical (unpaired) electrons. The molecule has 1 saturated carbocycles. The van der Waals surface area contributed by atoms with Crippen molar-refractivity contribution < 1.29 is 90.4 Å². The average molecular weight is 1000 g/mol. The van der Waals surface area contributed by atoms with Gasteiger partial charge in [0.25, 0.3) is 0 Å². The van der Waals surface area contributed by atoms with Crippen LogP contribution in [0.3, 0.4) is 0 Å². The van der Waals surface area contributed by atoms with Crippen molar-refractivity contribution in [3.8, 4) is 0 Å². The molecule has 11 N–H and O–H groups in total. The number of thioether (sulfide) groups is 1. The van der Waals surface area contributed by atoms with E-state index in [1.54, 1.807) is 0 Å². The van der Waals surface area contributed by atoms with E-state index in [9.17, 15) is 67.8 Å². The highest BCUT2D eigenvalue weighted by atomic mass is 32.2. The van der Waals surface area contributed by atoms with Crippen LogP contribution in [0.2, 0.25) is 0 Å². The Morgan fingerprint density at radius 1 is 1.06 bits per heavy atom. The first kappa shape index (κ1) is 54.5. The van der Waals surface area contributed by atoms with E-state index in [1.807, 2.05) is 19.1 Å². The van der Waals surface area contributed by atoms with Crippen LogP contribution in [0.25, 0.3) is 11.2 Å². The fraction of sp³-hybridized carbons (Fsp3) is 0.686. The van der Waals surface area contributed by atoms with Crippen molar-refractivity contribution in [3.05, 3.63) is 24.8 Å². The van der Waals surface area contributed by atoms with Gasteiger partial charge >= 0.3 is 23.5 Å². The van der Waals surface area contributed by atoms with E-state index < -0.39 is 90.7 Å². The van der Waals surface area contributed by atoms with Crippen LogP contribution in [0.4, 0.5) is 5.82 Å². The smallest absolute Gasteiger partial charge is 0.393 e. The fourth-order valence-electron chi connectivity index (χ4n) is 6.97. The average Bonchev–Trinajstić information content (AvgIpc) is 3.88. The fourth-order valence-corrected chi connectivity index (χ4v) is 10.5. The first-order valence-electron chi connectivity index (χ1n) is 20.2. The first-order valence-corrected chi connectivity index (χ1v) is 25.7. The maximum absolute atomic E-state index is 12.7. The number of aromatic nitrogens is 4. The normalized spacial score (nSPS) is 24.5. The number of imidazole rings is 1. The van der Waals surface area contributed by atoms with E-state index in [4.69, 9.17) is 19.5 Å². The molecule has 4 rings (SSSR count). The Morgan fingerprint density at radius 2 is 1.77 bits per heavy atom. The van der Waals surface area contributed by atoms with E-state index in [2.05, 4.69) is 34.4 Å². The van der Waals surface area contributed by atoms with Crippen molar-refractivity contribution in [3.63, 3.8) is 0 Å². The lowest BCUT2D eigenvalue weighted by molar-refractivity contribution is -0.137. The number of nitrogens with one attached hydrogen (secondary N) is 2. The van der Waals surface area contributed by atoms with Gasteiger partial charge in [-0.15, -0.1) is 0 Å². The molecular formula is C35H56N7O19P3S. The summed E-state index contributed by atoms with van der Waals surface area (Å²) in [6, 6.07) is 0. The molecular weight excluding hydrogens is 947 g/mol. The molecule has 1 aliphatic carbocycles. The van der Waals surface area contributed by atoms with E-state index in [0.717, 1.165) is 35.4 Å². The minimum Gasteiger partial charge on any atom is -0.393 e. The molecule has 0 spiro atoms. The summed E-state index contributed by atoms with van der Waals surface area (Å²) in [4.78, 5) is 101. The highest BCUT2D eigenvalue weighted by molar-refractivity contribution is 8.13. The number of nitrogens with zero attached hydrogens (tertiary/aromatic N) is 4. The van der Waals surface area contributed by atoms with Gasteiger partial charge in [-0.3, -0.25) is 37.3 Å². The second-order valence-electron chi connectivity index (χ2n) is 15.9. The number of fused-ring (bicyclic) bond motifs is 1. The molecule has 2 aromatic rings. The third-order valence-electron chi connectivity index (χ3n) is 10.3. The van der Waals surface area contributed by atoms with Crippen molar-refractivity contribution in [1.29, 1.82) is 0 Å². The summed E-state index contributed by atoms with van der Waals surface area (Å²) in [6.07, 6.45) is -1.10. The van der Waals surface area contributed by atoms with Crippen molar-refractivity contribution in [2.75, 3.05) is 37.8 Å². The minimum absolute atomic E-state index is 0.0134. The summed E-state index contributed by atoms with van der Waals surface area (Å²) >= 11 is 0.937. The number of nitrogens with two attached hydrogens (primary N) is 1. The van der Waals surface area contributed by atoms with Gasteiger partial charge in [-0.2, -0.15) is 4.31 Å². The Labute approximate surface area is 376 Å². The summed E-state index contributed by atoms with van der Waals surface area (Å²) in [6.45, 7) is 2.27. The van der Waals surface area contributed by atoms with E-state index in [1.165, 1.54) is 13.8 Å². The molecule has 65 heavy (non-hydrogen) atoms. The molecule has 4 unspecified atom stereocenters. The number of amides is 2. The van der Waals surface area contributed by atoms with Crippen LogP contribution in [-0.4, -0.2) is 140 Å². The molecule has 2 amide bonds. The van der Waals surface area contributed by atoms with Gasteiger partial charge in [0.15, 0.2) is 22.8 Å². The largest absolute Gasteiger partial charge is 0.481 e. The maximum Gasteiger partial charge on any atom is 0.481 e. The summed E-state index contributed by atoms with van der Waals surface area (Å²) < 4.78 is 62.3. The second kappa shape index (κ2) is 23.8. The molecule has 2 aromatic heterocycles. The second-order valence-corrected chi connectivity index (χ2v) is 21.3. The lowest BCUT2D eigenvalue weighted by Crippen LogP contribution is -2.46. The number of phosphoric acid groups is 3. The van der Waals surface area contributed by atoms with E-state index in [0.29, 0.717) is 25.7 Å². The third-order valence-corrected chi connectivity index (χ3v) is 14.3. The van der Waals surface area contributed by atoms with Crippen LogP contribution < -0.4 is 16.4 Å². The van der Waals surface area contributed by atoms with Crippen LogP contribution in [0.1, 0.15) is 71.9 Å². The lowest BCUT2D eigenvalue weighted by Gasteiger charge is -2.30. The summed E-state index contributed by atoms with van der Waals surface area (Å²) in [5.41, 5.74) is 4.22. The predicted octanol–water partition coefficient (Wildman–Crippen LogP) is 0.757. The topological polar surface area (TPSA) is 401 Å². The monoisotopic (exact) mass is 1000 g/mol. The van der Waals surface area contributed by atoms with Crippen LogP contribution in [0.15, 0.2) is 24.8 Å². The van der Waals surface area contributed by atoms with Crippen molar-refractivity contribution >= 4 is 74.9 Å². The minimum atomic E-state index is -5.60. The number of hydrogen-bond donors (Lipinski definition) is 10. The van der Waals surface area contributed by atoms with Gasteiger partial charge in [0, 0.05) is 49.4 Å². The Kier molecular flexibility index (Phi) is 20.0. The Bertz CT molecular complexity index is 2160. The number of carbonyl (C=O) groups excluding carboxylic acids is 4. The number of Topliss-reactive ketones (excluding diaryl/α,β-unsaturated/α-hetero) is 1. The highest BCUT2D eigenvalue weighted by Gasteiger charge is 2.50. The van der Waals surface area contributed by atoms with Gasteiger partial charge in [-0.25, -0.2) is 28.6 Å². The lowest BCUT2D eigenvalue weighted by atomic mass is 9.87. The SMILES string of the molecule is CC/C=C\C[C@@H]1C(=O)CC[C@@H]1CC(O)CC(=O)SCCNC(=O)CCNC(=O)C(O)C(C)(C)COP(=O)(O)OP(=O)(O)OC[C@H]1O[C@@H](n2cnc3c(N)ncnc32)[C@H](O)[C@@H]1OP(=O)(O)O. The zero-order valence-electron chi connectivity index (χ0n) is 35.6. The van der Waals surface area contributed by atoms with E-state index >= 15 is 0 Å². The molecule has 1 aliphatic heterocycles. The molecule has 10 atom stereocenters. The van der Waals surface area contributed by atoms with Crippen molar-refractivity contribution in [2.45, 2.75) is 102 Å². The standard InChI is InChI=1S/C35H56N7O19P3S/c1-4-5-6-7-22-20(8-9-23(22)44)14-21(43)15-26(46)65-13-12-37-25(45)10-11-38-33(49)30(48)35(2,3)17-58-64(55,56)61-63(53,54)57-16-24-29(60-62(50,51)52)28(47)34(59-24)42-19-41-27-31(36)39-18-40-32(27)42/h5-6,18-22,24,28-30,34,43,47-48H,4,7-17H2,1-3H3,(H,37,45)(H,38,49)(H,53,54)(H,55,56)(H2,36,39,40)(H2,50,51,52)/b6-5-/t20-,21?,22+,24-,28-,29-,30?,34-/m1/s1.